The molecule has 1 aromatic carbocycles. The molecule has 7 nitrogen and oxygen atoms in total. The summed E-state index contributed by atoms with van der Waals surface area (Å²) < 4.78 is 24.1. The van der Waals surface area contributed by atoms with Crippen LogP contribution in [0.3, 0.4) is 0 Å². The predicted octanol–water partition coefficient (Wildman–Crippen LogP) is 5.06. The summed E-state index contributed by atoms with van der Waals surface area (Å²) in [6, 6.07) is 6.84. The van der Waals surface area contributed by atoms with Crippen LogP contribution in [0.4, 0.5) is 14.9 Å². The van der Waals surface area contributed by atoms with Crippen LogP contribution in [0.25, 0.3) is 0 Å². The number of aliphatic imine (C=N–C) groups is 1. The van der Waals surface area contributed by atoms with Gasteiger partial charge in [0.1, 0.15) is 11.4 Å². The summed E-state index contributed by atoms with van der Waals surface area (Å²) >= 11 is 0. The number of rotatable bonds is 5. The van der Waals surface area contributed by atoms with Crippen molar-refractivity contribution in [1.82, 2.24) is 9.80 Å². The Morgan fingerprint density at radius 3 is 2.03 bits per heavy atom. The minimum Gasteiger partial charge on any atom is -0.455 e. The van der Waals surface area contributed by atoms with E-state index in [9.17, 15) is 9.18 Å². The number of benzene rings is 1. The van der Waals surface area contributed by atoms with Crippen molar-refractivity contribution in [1.29, 1.82) is 0 Å². The second-order valence-corrected chi connectivity index (χ2v) is 9.32. The van der Waals surface area contributed by atoms with E-state index in [0.29, 0.717) is 37.6 Å². The molecule has 2 N–H and O–H groups in total. The maximum absolute atomic E-state index is 13.6. The van der Waals surface area contributed by atoms with Gasteiger partial charge in [0.2, 0.25) is 0 Å². The molecule has 0 saturated carbocycles. The normalized spacial score (nSPS) is 17.2. The number of nitrogens with two attached hydrogens (primary N) is 1. The highest BCUT2D eigenvalue weighted by Gasteiger charge is 2.27. The van der Waals surface area contributed by atoms with Gasteiger partial charge in [-0.2, -0.15) is 4.39 Å². The maximum atomic E-state index is 13.6. The van der Waals surface area contributed by atoms with E-state index in [-0.39, 0.29) is 6.09 Å². The first-order valence-corrected chi connectivity index (χ1v) is 11.4. The minimum absolute atomic E-state index is 0.303. The molecule has 2 unspecified atom stereocenters. The van der Waals surface area contributed by atoms with Crippen molar-refractivity contribution in [3.05, 3.63) is 36.2 Å². The fraction of sp³-hybridized carbons (Fsp3) is 0.565. The van der Waals surface area contributed by atoms with Crippen LogP contribution in [0, 0.1) is 0 Å². The van der Waals surface area contributed by atoms with Gasteiger partial charge < -0.3 is 25.0 Å². The van der Waals surface area contributed by atoms with E-state index < -0.39 is 11.2 Å². The molecule has 0 spiro atoms. The molecule has 1 aromatic rings. The number of piperazine rings is 1. The monoisotopic (exact) mass is 468 g/mol. The average molecular weight is 469 g/mol. The summed E-state index contributed by atoms with van der Waals surface area (Å²) in [6.07, 6.45) is 1.23. The number of hydrogen-bond donors (Lipinski definition) is 1. The fourth-order valence-electron chi connectivity index (χ4n) is 2.98. The topological polar surface area (TPSA) is 80.4 Å². The number of amides is 1. The van der Waals surface area contributed by atoms with Crippen LogP contribution in [0.1, 0.15) is 48.5 Å². The Bertz CT molecular complexity index is 791. The molecule has 1 saturated heterocycles. The third kappa shape index (κ3) is 9.43. The van der Waals surface area contributed by atoms with Crippen LogP contribution in [0.5, 0.6) is 5.75 Å². The third-order valence-corrected chi connectivity index (χ3v) is 4.37. The number of halogens is 1. The number of hydrogen-bond acceptors (Lipinski definition) is 6. The zero-order chi connectivity index (χ0) is 24.5. The van der Waals surface area contributed by atoms with Gasteiger partial charge >= 0.3 is 6.09 Å². The fourth-order valence-corrected chi connectivity index (χ4v) is 3.12. The van der Waals surface area contributed by atoms with Gasteiger partial charge in [0.15, 0.2) is 0 Å². The van der Waals surface area contributed by atoms with Gasteiger partial charge in [0.05, 0.1) is 17.1 Å². The smallest absolute Gasteiger partial charge is 0.410 e. The van der Waals surface area contributed by atoms with Gasteiger partial charge in [0.25, 0.3) is 5.60 Å². The SMILES string of the molecule is CC.CC(=Nc1ccc(OC(C)(F)P)cc1)/C(=C\N)N1CCN(C(=O)OC(C)(C)C)CC1. The molecule has 0 aliphatic carbocycles. The summed E-state index contributed by atoms with van der Waals surface area (Å²) in [5.41, 5.74) is 5.80. The first-order chi connectivity index (χ1) is 14.9. The predicted molar refractivity (Wildman–Crippen MR) is 132 cm³/mol. The Labute approximate surface area is 194 Å². The lowest BCUT2D eigenvalue weighted by molar-refractivity contribution is 0.0172. The van der Waals surface area contributed by atoms with Crippen molar-refractivity contribution in [3.63, 3.8) is 0 Å². The van der Waals surface area contributed by atoms with E-state index >= 15 is 0 Å². The second-order valence-electron chi connectivity index (χ2n) is 8.29. The van der Waals surface area contributed by atoms with E-state index in [4.69, 9.17) is 15.2 Å². The summed E-state index contributed by atoms with van der Waals surface area (Å²) in [5, 5.41) is 0. The minimum atomic E-state index is -1.82. The molecule has 1 amide bonds. The van der Waals surface area contributed by atoms with Crippen molar-refractivity contribution in [2.45, 2.75) is 59.7 Å². The molecule has 1 aliphatic rings. The number of allylic oxidation sites excluding steroid dienone is 1. The van der Waals surface area contributed by atoms with Crippen LogP contribution in [0.2, 0.25) is 0 Å². The highest BCUT2D eigenvalue weighted by Crippen LogP contribution is 2.27. The Balaban J connectivity index is 0.00000249. The Kier molecular flexibility index (Phi) is 10.4. The maximum Gasteiger partial charge on any atom is 0.410 e. The summed E-state index contributed by atoms with van der Waals surface area (Å²) in [4.78, 5) is 20.6. The molecule has 1 heterocycles. The molecule has 0 bridgehead atoms. The van der Waals surface area contributed by atoms with Crippen molar-refractivity contribution in [2.24, 2.45) is 10.7 Å². The Hall–Kier alpha value is -2.34. The van der Waals surface area contributed by atoms with E-state index in [1.165, 1.54) is 13.1 Å². The number of nitrogens with zero attached hydrogens (tertiary/aromatic N) is 3. The van der Waals surface area contributed by atoms with Gasteiger partial charge in [-0.3, -0.25) is 4.99 Å². The van der Waals surface area contributed by atoms with E-state index in [2.05, 4.69) is 9.89 Å². The lowest BCUT2D eigenvalue weighted by atomic mass is 10.2. The summed E-state index contributed by atoms with van der Waals surface area (Å²) in [6.45, 7) is 15.1. The van der Waals surface area contributed by atoms with Crippen molar-refractivity contribution >= 4 is 26.7 Å². The molecule has 1 aliphatic heterocycles. The van der Waals surface area contributed by atoms with E-state index in [1.807, 2.05) is 50.8 Å². The molecule has 180 valence electrons. The van der Waals surface area contributed by atoms with Gasteiger partial charge in [-0.15, -0.1) is 0 Å². The highest BCUT2D eigenvalue weighted by molar-refractivity contribution is 7.18. The molecule has 0 aromatic heterocycles. The van der Waals surface area contributed by atoms with Gasteiger partial charge in [0, 0.05) is 39.3 Å². The number of carbonyl (C=O) groups excluding carboxylic acids is 1. The first-order valence-electron chi connectivity index (χ1n) is 10.9. The quantitative estimate of drug-likeness (QED) is 0.483. The zero-order valence-corrected chi connectivity index (χ0v) is 21.5. The largest absolute Gasteiger partial charge is 0.455 e. The van der Waals surface area contributed by atoms with Crippen LogP contribution in [-0.2, 0) is 4.74 Å². The lowest BCUT2D eigenvalue weighted by Crippen LogP contribution is -2.50. The molecule has 2 atom stereocenters. The zero-order valence-electron chi connectivity index (χ0n) is 20.3. The van der Waals surface area contributed by atoms with E-state index in [1.54, 1.807) is 29.2 Å². The van der Waals surface area contributed by atoms with Crippen LogP contribution in [-0.4, -0.2) is 59.0 Å². The molecular weight excluding hydrogens is 430 g/mol. The van der Waals surface area contributed by atoms with Crippen LogP contribution in [0.15, 0.2) is 41.2 Å². The molecular formula is C23H38FN4O3P. The van der Waals surface area contributed by atoms with Crippen LogP contribution >= 0.6 is 9.24 Å². The second kappa shape index (κ2) is 12.0. The van der Waals surface area contributed by atoms with Crippen molar-refractivity contribution in [2.75, 3.05) is 26.2 Å². The number of carbonyl (C=O) groups is 1. The van der Waals surface area contributed by atoms with Gasteiger partial charge in [-0.25, -0.2) is 4.79 Å². The summed E-state index contributed by atoms with van der Waals surface area (Å²) in [7, 11) is 1.99. The van der Waals surface area contributed by atoms with Gasteiger partial charge in [-0.1, -0.05) is 23.1 Å². The Morgan fingerprint density at radius 1 is 1.09 bits per heavy atom. The van der Waals surface area contributed by atoms with Crippen molar-refractivity contribution < 1.29 is 18.7 Å². The average Bonchev–Trinajstić information content (AvgIpc) is 2.70. The number of alkyl halides is 1. The lowest BCUT2D eigenvalue weighted by Gasteiger charge is -2.37. The molecule has 2 rings (SSSR count). The molecule has 1 fully saturated rings. The number of ether oxygens (including phenoxy) is 2. The van der Waals surface area contributed by atoms with Gasteiger partial charge in [-0.05, 0) is 52.0 Å². The molecule has 9 heteroatoms. The third-order valence-electron chi connectivity index (χ3n) is 4.25. The first kappa shape index (κ1) is 27.7. The molecule has 0 radical (unpaired) electrons. The van der Waals surface area contributed by atoms with Crippen molar-refractivity contribution in [3.8, 4) is 5.75 Å². The standard InChI is InChI=1S/C21H32FN4O3P.C2H6/c1-15(24-16-6-8-17(9-7-16)28-21(5,22)30)18(14-23)25-10-12-26(13-11-25)19(27)29-20(2,3)4;1-2/h6-9,14H,10-13,23,30H2,1-5H3;1-2H3/b18-14+,24-15?;. The molecule has 32 heavy (non-hydrogen) atoms. The summed E-state index contributed by atoms with van der Waals surface area (Å²) in [5.74, 6) is 0.416. The van der Waals surface area contributed by atoms with Crippen LogP contribution < -0.4 is 10.5 Å². The van der Waals surface area contributed by atoms with E-state index in [0.717, 1.165) is 11.4 Å². The highest BCUT2D eigenvalue weighted by atomic mass is 31.0. The Morgan fingerprint density at radius 2 is 1.59 bits per heavy atom.